The van der Waals surface area contributed by atoms with Crippen LogP contribution in [0.15, 0.2) is 33.5 Å². The van der Waals surface area contributed by atoms with Crippen molar-refractivity contribution in [3.05, 3.63) is 69.3 Å². The Bertz CT molecular complexity index is 1560. The van der Waals surface area contributed by atoms with Crippen molar-refractivity contribution in [3.63, 3.8) is 0 Å². The molecule has 2 aromatic heterocycles. The van der Waals surface area contributed by atoms with E-state index in [1.807, 2.05) is 0 Å². The van der Waals surface area contributed by atoms with Gasteiger partial charge in [-0.15, -0.1) is 10.2 Å². The zero-order chi connectivity index (χ0) is 32.0. The van der Waals surface area contributed by atoms with Gasteiger partial charge in [0.2, 0.25) is 17.9 Å². The summed E-state index contributed by atoms with van der Waals surface area (Å²) in [6.07, 6.45) is 2.07. The third-order valence-electron chi connectivity index (χ3n) is 7.13. The maximum Gasteiger partial charge on any atom is 0.511 e. The second-order valence-corrected chi connectivity index (χ2v) is 11.2. The van der Waals surface area contributed by atoms with Crippen molar-refractivity contribution in [1.29, 1.82) is 0 Å². The lowest BCUT2D eigenvalue weighted by Gasteiger charge is -2.28. The summed E-state index contributed by atoms with van der Waals surface area (Å²) < 4.78 is 36.0. The lowest BCUT2D eigenvalue weighted by molar-refractivity contribution is -0.0692. The van der Waals surface area contributed by atoms with Crippen LogP contribution in [-0.2, 0) is 28.5 Å². The number of hydrogen-bond acceptors (Lipinski definition) is 11. The molecule has 1 fully saturated rings. The quantitative estimate of drug-likeness (QED) is 0.186. The highest BCUT2D eigenvalue weighted by Crippen LogP contribution is 2.24. The zero-order valence-electron chi connectivity index (χ0n) is 25.3. The predicted molar refractivity (Wildman–Crippen MR) is 153 cm³/mol. The summed E-state index contributed by atoms with van der Waals surface area (Å²) in [6.45, 7) is 6.08. The molecule has 14 heteroatoms. The van der Waals surface area contributed by atoms with E-state index in [-0.39, 0.29) is 42.2 Å². The number of nitrogens with zero attached hydrogens (tertiary/aromatic N) is 4. The average Bonchev–Trinajstić information content (AvgIpc) is 3.41. The summed E-state index contributed by atoms with van der Waals surface area (Å²) in [5.41, 5.74) is -1.70. The Kier molecular flexibility index (Phi) is 10.1. The molecular formula is C30H36FN5O8. The van der Waals surface area contributed by atoms with E-state index < -0.39 is 46.8 Å². The molecule has 44 heavy (non-hydrogen) atoms. The second kappa shape index (κ2) is 13.8. The Balaban J connectivity index is 1.61. The maximum absolute atomic E-state index is 13.6. The van der Waals surface area contributed by atoms with Gasteiger partial charge in [-0.3, -0.25) is 19.0 Å². The first-order chi connectivity index (χ1) is 20.8. The topological polar surface area (TPSA) is 165 Å². The predicted octanol–water partition coefficient (Wildman–Crippen LogP) is 4.30. The molecule has 1 aromatic carbocycles. The molecule has 0 bridgehead atoms. The number of hydrogen-bond donors (Lipinski definition) is 1. The lowest BCUT2D eigenvalue weighted by atomic mass is 9.98. The molecule has 2 heterocycles. The molecule has 0 spiro atoms. The van der Waals surface area contributed by atoms with Crippen LogP contribution < -0.4 is 15.6 Å². The van der Waals surface area contributed by atoms with Crippen molar-refractivity contribution >= 4 is 17.8 Å². The Morgan fingerprint density at radius 1 is 1.14 bits per heavy atom. The number of aryl methyl sites for hydroxylation is 2. The zero-order valence-corrected chi connectivity index (χ0v) is 25.3. The molecule has 4 rings (SSSR count). The molecule has 1 aliphatic carbocycles. The fourth-order valence-corrected chi connectivity index (χ4v) is 4.92. The number of Topliss-reactive ketones (excluding diaryl/α,β-unsaturated/α-hetero) is 1. The van der Waals surface area contributed by atoms with Crippen LogP contribution in [0.5, 0.6) is 5.75 Å². The van der Waals surface area contributed by atoms with E-state index in [0.29, 0.717) is 5.56 Å². The van der Waals surface area contributed by atoms with Gasteiger partial charge in [0, 0.05) is 27.3 Å². The van der Waals surface area contributed by atoms with Gasteiger partial charge in [0.25, 0.3) is 5.56 Å². The maximum atomic E-state index is 13.6. The van der Waals surface area contributed by atoms with Gasteiger partial charge in [0.1, 0.15) is 17.7 Å². The summed E-state index contributed by atoms with van der Waals surface area (Å²) in [4.78, 5) is 56.9. The molecule has 3 aromatic rings. The van der Waals surface area contributed by atoms with E-state index in [1.165, 1.54) is 33.0 Å². The molecular weight excluding hydrogens is 577 g/mol. The fourth-order valence-electron chi connectivity index (χ4n) is 4.92. The first kappa shape index (κ1) is 32.3. The number of aromatic nitrogens is 4. The molecule has 1 unspecified atom stereocenters. The van der Waals surface area contributed by atoms with Crippen LogP contribution >= 0.6 is 0 Å². The minimum atomic E-state index is -1.32. The number of benzene rings is 1. The summed E-state index contributed by atoms with van der Waals surface area (Å²) in [5, 5.41) is 10.0. The van der Waals surface area contributed by atoms with Crippen LogP contribution in [0.3, 0.4) is 0 Å². The van der Waals surface area contributed by atoms with E-state index in [4.69, 9.17) is 18.6 Å². The van der Waals surface area contributed by atoms with Crippen LogP contribution in [0.2, 0.25) is 0 Å². The van der Waals surface area contributed by atoms with Crippen LogP contribution in [0, 0.1) is 12.7 Å². The Morgan fingerprint density at radius 2 is 1.82 bits per heavy atom. The molecule has 1 aliphatic rings. The van der Waals surface area contributed by atoms with E-state index >= 15 is 0 Å². The van der Waals surface area contributed by atoms with Crippen molar-refractivity contribution < 1.29 is 37.4 Å². The first-order valence-corrected chi connectivity index (χ1v) is 14.4. The number of halogens is 1. The number of carbonyl (C=O) groups excluding carboxylic acids is 3. The molecule has 1 amide bonds. The summed E-state index contributed by atoms with van der Waals surface area (Å²) >= 11 is 0. The van der Waals surface area contributed by atoms with E-state index in [0.717, 1.165) is 36.7 Å². The molecule has 0 aliphatic heterocycles. The minimum absolute atomic E-state index is 0.0230. The number of carbonyl (C=O) groups is 3. The van der Waals surface area contributed by atoms with Crippen molar-refractivity contribution in [3.8, 4) is 5.75 Å². The average molecular weight is 614 g/mol. The van der Waals surface area contributed by atoms with Gasteiger partial charge in [0.05, 0.1) is 5.54 Å². The van der Waals surface area contributed by atoms with Crippen LogP contribution in [0.25, 0.3) is 0 Å². The van der Waals surface area contributed by atoms with Gasteiger partial charge in [-0.2, -0.15) is 0 Å². The summed E-state index contributed by atoms with van der Waals surface area (Å²) in [6, 6.07) is 5.66. The molecule has 13 nitrogen and oxygen atoms in total. The molecule has 1 N–H and O–H groups in total. The van der Waals surface area contributed by atoms with E-state index in [2.05, 4.69) is 20.5 Å². The molecule has 236 valence electrons. The largest absolute Gasteiger partial charge is 0.511 e. The fraction of sp³-hybridized carbons (Fsp3) is 0.500. The van der Waals surface area contributed by atoms with E-state index in [9.17, 15) is 23.6 Å². The number of nitrogens with one attached hydrogen (secondary N) is 1. The van der Waals surface area contributed by atoms with Gasteiger partial charge < -0.3 is 23.9 Å². The lowest BCUT2D eigenvalue weighted by Crippen LogP contribution is -2.46. The van der Waals surface area contributed by atoms with Crippen LogP contribution in [0.4, 0.5) is 9.18 Å². The Morgan fingerprint density at radius 3 is 2.45 bits per heavy atom. The van der Waals surface area contributed by atoms with Gasteiger partial charge in [-0.1, -0.05) is 18.6 Å². The number of rotatable bonds is 11. The second-order valence-electron chi connectivity index (χ2n) is 11.2. The minimum Gasteiger partial charge on any atom is -0.447 e. The van der Waals surface area contributed by atoms with Crippen molar-refractivity contribution in [2.24, 2.45) is 7.05 Å². The molecule has 0 saturated heterocycles. The number of ketones is 1. The van der Waals surface area contributed by atoms with Crippen molar-refractivity contribution in [2.75, 3.05) is 0 Å². The Hall–Kier alpha value is -4.62. The molecule has 1 atom stereocenters. The normalized spacial score (nSPS) is 14.5. The van der Waals surface area contributed by atoms with Gasteiger partial charge in [-0.05, 0) is 63.6 Å². The summed E-state index contributed by atoms with van der Waals surface area (Å²) in [7, 11) is 1.40. The standard InChI is InChI=1S/C30H36FN5O8/c1-17-34-35-26(41-17)25(38)33-30(3,4)28-32-23(22(37)16-13-19-11-14-20(31)15-12-19)24(27(39)36(28)5)42-18(2)43-29(40)44-21-9-7-6-8-10-21/h11-12,14-15,18,21H,6-10,13,16H2,1-5H3,(H,33,38). The number of ether oxygens (including phenoxy) is 3. The Labute approximate surface area is 253 Å². The van der Waals surface area contributed by atoms with Crippen molar-refractivity contribution in [2.45, 2.75) is 90.6 Å². The van der Waals surface area contributed by atoms with Gasteiger partial charge >= 0.3 is 18.0 Å². The van der Waals surface area contributed by atoms with Gasteiger partial charge in [-0.25, -0.2) is 14.2 Å². The highest BCUT2D eigenvalue weighted by Gasteiger charge is 2.34. The highest BCUT2D eigenvalue weighted by molar-refractivity contribution is 5.97. The molecule has 0 radical (unpaired) electrons. The monoisotopic (exact) mass is 613 g/mol. The van der Waals surface area contributed by atoms with Crippen molar-refractivity contribution in [1.82, 2.24) is 25.1 Å². The third-order valence-corrected chi connectivity index (χ3v) is 7.13. The van der Waals surface area contributed by atoms with Crippen LogP contribution in [-0.4, -0.2) is 50.0 Å². The number of amides is 1. The molecule has 1 saturated carbocycles. The van der Waals surface area contributed by atoms with E-state index in [1.54, 1.807) is 26.0 Å². The summed E-state index contributed by atoms with van der Waals surface area (Å²) in [5.74, 6) is -2.20. The van der Waals surface area contributed by atoms with Crippen LogP contribution in [0.1, 0.15) is 97.7 Å². The third kappa shape index (κ3) is 8.05. The van der Waals surface area contributed by atoms with Gasteiger partial charge in [0.15, 0.2) is 11.5 Å². The smallest absolute Gasteiger partial charge is 0.447 e. The first-order valence-electron chi connectivity index (χ1n) is 14.4. The highest BCUT2D eigenvalue weighted by atomic mass is 19.1. The SMILES string of the molecule is Cc1nnc(C(=O)NC(C)(C)c2nc(C(=O)CCc3ccc(F)cc3)c(OC(C)OC(=O)OC3CCCCC3)c(=O)n2C)o1.